The van der Waals surface area contributed by atoms with Crippen LogP contribution in [0.4, 0.5) is 0 Å². The number of rotatable bonds is 70. The zero-order valence-electron chi connectivity index (χ0n) is 59.3. The summed E-state index contributed by atoms with van der Waals surface area (Å²) in [5.41, 5.74) is 0. The number of carbonyl (C=O) groups excluding carboxylic acids is 4. The van der Waals surface area contributed by atoms with Gasteiger partial charge < -0.3 is 33.8 Å². The van der Waals surface area contributed by atoms with Crippen LogP contribution in [-0.2, 0) is 65.4 Å². The van der Waals surface area contributed by atoms with Crippen molar-refractivity contribution in [1.82, 2.24) is 0 Å². The molecule has 540 valence electrons. The molecule has 91 heavy (non-hydrogen) atoms. The van der Waals surface area contributed by atoms with E-state index in [1.54, 1.807) is 0 Å². The van der Waals surface area contributed by atoms with Crippen molar-refractivity contribution >= 4 is 39.5 Å². The average molecular weight is 1340 g/mol. The van der Waals surface area contributed by atoms with Crippen LogP contribution in [0.5, 0.6) is 0 Å². The second-order valence-corrected chi connectivity index (χ2v) is 30.1. The lowest BCUT2D eigenvalue weighted by atomic mass is 10.00. The standard InChI is InChI=1S/C72H140O17P2/c1-8-10-11-12-13-14-15-16-17-18-19-20-21-22-27-32-41-48-55-71(76)88-67(59-82-69(74)53-46-39-31-26-24-23-25-29-36-43-50-63(3)4)61-86-90(78,79)84-57-66(73)58-85-91(80,81)87-62-68(89-72(77)56-49-42-33-28-30-37-44-51-64(5)6)60-83-70(75)54-47-40-35-34-38-45-52-65(7)9-2/h63-68,73H,8-62H2,1-7H3,(H,78,79)(H,80,81)/t65?,66-,67-,68-/m1/s1. The van der Waals surface area contributed by atoms with Gasteiger partial charge in [0.25, 0.3) is 0 Å². The summed E-state index contributed by atoms with van der Waals surface area (Å²) < 4.78 is 68.3. The Kier molecular flexibility index (Phi) is 61.5. The van der Waals surface area contributed by atoms with Gasteiger partial charge >= 0.3 is 39.5 Å². The van der Waals surface area contributed by atoms with Gasteiger partial charge in [-0.3, -0.25) is 37.3 Å². The van der Waals surface area contributed by atoms with Gasteiger partial charge in [0.1, 0.15) is 19.3 Å². The molecule has 0 spiro atoms. The Labute approximate surface area is 556 Å². The number of hydrogen-bond donors (Lipinski definition) is 3. The lowest BCUT2D eigenvalue weighted by Gasteiger charge is -2.21. The van der Waals surface area contributed by atoms with Gasteiger partial charge in [0.2, 0.25) is 0 Å². The zero-order chi connectivity index (χ0) is 67.3. The van der Waals surface area contributed by atoms with Gasteiger partial charge in [0, 0.05) is 25.7 Å². The third kappa shape index (κ3) is 65.1. The first-order valence-electron chi connectivity index (χ1n) is 37.4. The molecular formula is C72H140O17P2. The highest BCUT2D eigenvalue weighted by molar-refractivity contribution is 7.47. The fourth-order valence-electron chi connectivity index (χ4n) is 10.9. The maximum atomic E-state index is 13.0. The Balaban J connectivity index is 5.23. The van der Waals surface area contributed by atoms with Gasteiger partial charge in [-0.15, -0.1) is 0 Å². The van der Waals surface area contributed by atoms with Crippen LogP contribution in [0.2, 0.25) is 0 Å². The van der Waals surface area contributed by atoms with Crippen molar-refractivity contribution < 1.29 is 80.2 Å². The predicted molar refractivity (Wildman–Crippen MR) is 368 cm³/mol. The highest BCUT2D eigenvalue weighted by atomic mass is 31.2. The van der Waals surface area contributed by atoms with E-state index >= 15 is 0 Å². The van der Waals surface area contributed by atoms with Gasteiger partial charge in [-0.05, 0) is 43.4 Å². The maximum absolute atomic E-state index is 13.0. The first-order valence-corrected chi connectivity index (χ1v) is 40.4. The second-order valence-electron chi connectivity index (χ2n) is 27.2. The van der Waals surface area contributed by atoms with E-state index in [1.807, 2.05) is 0 Å². The summed E-state index contributed by atoms with van der Waals surface area (Å²) in [4.78, 5) is 72.6. The lowest BCUT2D eigenvalue weighted by Crippen LogP contribution is -2.30. The molecule has 6 atom stereocenters. The SMILES string of the molecule is CCCCCCCCCCCCCCCCCCCCC(=O)O[C@H](COC(=O)CCCCCCCCCCCCC(C)C)COP(=O)(O)OC[C@@H](O)COP(=O)(O)OC[C@@H](COC(=O)CCCCCCCCC(C)CC)OC(=O)CCCCCCCCCC(C)C. The van der Waals surface area contributed by atoms with Crippen LogP contribution >= 0.6 is 15.6 Å². The summed E-state index contributed by atoms with van der Waals surface area (Å²) in [5.74, 6) is 0.0580. The minimum atomic E-state index is -4.95. The number of phosphoric ester groups is 2. The summed E-state index contributed by atoms with van der Waals surface area (Å²) in [5, 5.41) is 10.6. The number of esters is 4. The number of unbranched alkanes of at least 4 members (excludes halogenated alkanes) is 37. The van der Waals surface area contributed by atoms with E-state index in [4.69, 9.17) is 37.0 Å². The van der Waals surface area contributed by atoms with E-state index in [-0.39, 0.29) is 25.7 Å². The molecule has 0 aromatic heterocycles. The molecule has 19 heteroatoms. The Hall–Kier alpha value is -1.94. The van der Waals surface area contributed by atoms with Crippen molar-refractivity contribution in [3.8, 4) is 0 Å². The monoisotopic (exact) mass is 1340 g/mol. The Morgan fingerprint density at radius 2 is 0.560 bits per heavy atom. The van der Waals surface area contributed by atoms with Crippen LogP contribution in [-0.4, -0.2) is 96.7 Å². The molecule has 0 saturated heterocycles. The molecular weight excluding hydrogens is 1200 g/mol. The first-order chi connectivity index (χ1) is 43.8. The number of phosphoric acid groups is 2. The van der Waals surface area contributed by atoms with Crippen molar-refractivity contribution in [3.05, 3.63) is 0 Å². The summed E-state index contributed by atoms with van der Waals surface area (Å²) in [7, 11) is -9.90. The topological polar surface area (TPSA) is 237 Å². The fraction of sp³-hybridized carbons (Fsp3) is 0.944. The molecule has 0 heterocycles. The molecule has 0 saturated carbocycles. The third-order valence-corrected chi connectivity index (χ3v) is 18.9. The smallest absolute Gasteiger partial charge is 0.462 e. The Morgan fingerprint density at radius 3 is 0.835 bits per heavy atom. The van der Waals surface area contributed by atoms with Crippen LogP contribution in [0, 0.1) is 17.8 Å². The van der Waals surface area contributed by atoms with Crippen molar-refractivity contribution in [3.63, 3.8) is 0 Å². The molecule has 0 amide bonds. The highest BCUT2D eigenvalue weighted by Crippen LogP contribution is 2.45. The van der Waals surface area contributed by atoms with Gasteiger partial charge in [-0.1, -0.05) is 312 Å². The van der Waals surface area contributed by atoms with E-state index in [9.17, 15) is 43.2 Å². The van der Waals surface area contributed by atoms with E-state index in [0.717, 1.165) is 108 Å². The Morgan fingerprint density at radius 1 is 0.319 bits per heavy atom. The van der Waals surface area contributed by atoms with Crippen molar-refractivity contribution in [2.75, 3.05) is 39.6 Å². The summed E-state index contributed by atoms with van der Waals surface area (Å²) in [6.45, 7) is 11.8. The molecule has 3 unspecified atom stereocenters. The quantitative estimate of drug-likeness (QED) is 0.0222. The fourth-order valence-corrected chi connectivity index (χ4v) is 12.4. The minimum Gasteiger partial charge on any atom is -0.462 e. The van der Waals surface area contributed by atoms with Crippen molar-refractivity contribution in [2.45, 2.75) is 381 Å². The van der Waals surface area contributed by atoms with E-state index < -0.39 is 97.5 Å². The molecule has 0 aliphatic carbocycles. The molecule has 0 bridgehead atoms. The van der Waals surface area contributed by atoms with Gasteiger partial charge in [0.05, 0.1) is 26.4 Å². The summed E-state index contributed by atoms with van der Waals surface area (Å²) >= 11 is 0. The molecule has 0 aliphatic rings. The van der Waals surface area contributed by atoms with Crippen LogP contribution in [0.1, 0.15) is 363 Å². The highest BCUT2D eigenvalue weighted by Gasteiger charge is 2.30. The normalized spacial score (nSPS) is 14.5. The van der Waals surface area contributed by atoms with Crippen molar-refractivity contribution in [1.29, 1.82) is 0 Å². The van der Waals surface area contributed by atoms with Gasteiger partial charge in [-0.2, -0.15) is 0 Å². The molecule has 0 rings (SSSR count). The molecule has 0 aromatic carbocycles. The number of hydrogen-bond acceptors (Lipinski definition) is 15. The molecule has 3 N–H and O–H groups in total. The second kappa shape index (κ2) is 62.8. The van der Waals surface area contributed by atoms with E-state index in [0.29, 0.717) is 31.6 Å². The predicted octanol–water partition coefficient (Wildman–Crippen LogP) is 20.6. The lowest BCUT2D eigenvalue weighted by molar-refractivity contribution is -0.161. The molecule has 0 fully saturated rings. The van der Waals surface area contributed by atoms with Crippen LogP contribution in [0.3, 0.4) is 0 Å². The van der Waals surface area contributed by atoms with Crippen molar-refractivity contribution in [2.24, 2.45) is 17.8 Å². The molecule has 0 aromatic rings. The first kappa shape index (κ1) is 89.1. The molecule has 17 nitrogen and oxygen atoms in total. The van der Waals surface area contributed by atoms with Gasteiger partial charge in [-0.25, -0.2) is 9.13 Å². The third-order valence-electron chi connectivity index (χ3n) is 17.0. The van der Waals surface area contributed by atoms with Gasteiger partial charge in [0.15, 0.2) is 12.2 Å². The van der Waals surface area contributed by atoms with E-state index in [1.165, 1.54) is 167 Å². The molecule has 0 radical (unpaired) electrons. The summed E-state index contributed by atoms with van der Waals surface area (Å²) in [6, 6.07) is 0. The summed E-state index contributed by atoms with van der Waals surface area (Å²) in [6.07, 6.45) is 47.4. The number of ether oxygens (including phenoxy) is 4. The molecule has 0 aliphatic heterocycles. The van der Waals surface area contributed by atoms with Crippen LogP contribution in [0.25, 0.3) is 0 Å². The number of aliphatic hydroxyl groups is 1. The maximum Gasteiger partial charge on any atom is 0.472 e. The number of carbonyl (C=O) groups is 4. The average Bonchev–Trinajstić information content (AvgIpc) is 3.29. The van der Waals surface area contributed by atoms with Crippen LogP contribution < -0.4 is 0 Å². The van der Waals surface area contributed by atoms with E-state index in [2.05, 4.69) is 48.5 Å². The minimum absolute atomic E-state index is 0.102. The van der Waals surface area contributed by atoms with Crippen LogP contribution in [0.15, 0.2) is 0 Å². The Bertz CT molecular complexity index is 1790. The zero-order valence-corrected chi connectivity index (χ0v) is 61.1. The number of aliphatic hydroxyl groups excluding tert-OH is 1. The largest absolute Gasteiger partial charge is 0.472 e.